The van der Waals surface area contributed by atoms with Crippen molar-refractivity contribution in [2.45, 2.75) is 13.0 Å². The van der Waals surface area contributed by atoms with Gasteiger partial charge in [-0.1, -0.05) is 30.3 Å². The van der Waals surface area contributed by atoms with Crippen LogP contribution in [0, 0.1) is 0 Å². The number of amides is 3. The Kier molecular flexibility index (Phi) is 5.74. The molecule has 1 atom stereocenters. The van der Waals surface area contributed by atoms with Gasteiger partial charge in [-0.2, -0.15) is 0 Å². The van der Waals surface area contributed by atoms with Crippen molar-refractivity contribution in [3.05, 3.63) is 60.9 Å². The fourth-order valence-corrected chi connectivity index (χ4v) is 3.42. The Labute approximate surface area is 174 Å². The van der Waals surface area contributed by atoms with Gasteiger partial charge in [-0.25, -0.2) is 14.8 Å². The van der Waals surface area contributed by atoms with Gasteiger partial charge in [0.05, 0.1) is 0 Å². The minimum Gasteiger partial charge on any atom is -0.337 e. The third kappa shape index (κ3) is 4.48. The van der Waals surface area contributed by atoms with Gasteiger partial charge in [0.1, 0.15) is 6.04 Å². The molecule has 30 heavy (non-hydrogen) atoms. The van der Waals surface area contributed by atoms with Crippen LogP contribution in [0.5, 0.6) is 0 Å². The fraction of sp³-hybridized carbons (Fsp3) is 0.273. The van der Waals surface area contributed by atoms with Crippen molar-refractivity contribution >= 4 is 34.3 Å². The minimum atomic E-state index is -0.653. The number of carbonyl (C=O) groups is 2. The first-order valence-electron chi connectivity index (χ1n) is 9.97. The van der Waals surface area contributed by atoms with Gasteiger partial charge in [0.15, 0.2) is 0 Å². The van der Waals surface area contributed by atoms with Crippen LogP contribution in [0.15, 0.2) is 60.9 Å². The van der Waals surface area contributed by atoms with Gasteiger partial charge >= 0.3 is 6.03 Å². The van der Waals surface area contributed by atoms with Crippen LogP contribution in [-0.2, 0) is 4.79 Å². The van der Waals surface area contributed by atoms with E-state index in [-0.39, 0.29) is 11.9 Å². The van der Waals surface area contributed by atoms with E-state index in [1.165, 1.54) is 0 Å². The zero-order valence-electron chi connectivity index (χ0n) is 16.8. The van der Waals surface area contributed by atoms with E-state index in [0.717, 1.165) is 10.8 Å². The van der Waals surface area contributed by atoms with E-state index in [1.807, 2.05) is 47.4 Å². The standard InChI is InChI=1S/C22H24N6O2/c1-16(20(29)26-19-8-7-17-5-2-3-6-18(17)15-19)25-22(30)28-13-11-27(12-14-28)21-23-9-4-10-24-21/h2-10,15-16H,11-14H2,1H3,(H,25,30)(H,26,29)/t16-/m1/s1. The summed E-state index contributed by atoms with van der Waals surface area (Å²) in [6, 6.07) is 14.6. The first-order valence-corrected chi connectivity index (χ1v) is 9.97. The third-order valence-corrected chi connectivity index (χ3v) is 5.15. The molecular weight excluding hydrogens is 380 g/mol. The molecule has 1 saturated heterocycles. The molecule has 3 amide bonds. The van der Waals surface area contributed by atoms with Crippen LogP contribution in [-0.4, -0.2) is 59.0 Å². The van der Waals surface area contributed by atoms with E-state index in [1.54, 1.807) is 30.3 Å². The summed E-state index contributed by atoms with van der Waals surface area (Å²) >= 11 is 0. The lowest BCUT2D eigenvalue weighted by Crippen LogP contribution is -2.55. The average Bonchev–Trinajstić information content (AvgIpc) is 2.79. The van der Waals surface area contributed by atoms with Crippen LogP contribution < -0.4 is 15.5 Å². The van der Waals surface area contributed by atoms with Crippen molar-refractivity contribution in [3.63, 3.8) is 0 Å². The Morgan fingerprint density at radius 1 is 0.933 bits per heavy atom. The molecule has 0 radical (unpaired) electrons. The van der Waals surface area contributed by atoms with Crippen LogP contribution in [0.3, 0.4) is 0 Å². The molecule has 0 spiro atoms. The number of aromatic nitrogens is 2. The summed E-state index contributed by atoms with van der Waals surface area (Å²) in [7, 11) is 0. The van der Waals surface area contributed by atoms with Crippen molar-refractivity contribution in [3.8, 4) is 0 Å². The summed E-state index contributed by atoms with van der Waals surface area (Å²) in [5, 5.41) is 7.82. The second kappa shape index (κ2) is 8.77. The highest BCUT2D eigenvalue weighted by Gasteiger charge is 2.25. The highest BCUT2D eigenvalue weighted by atomic mass is 16.2. The number of hydrogen-bond donors (Lipinski definition) is 2. The Balaban J connectivity index is 1.29. The van der Waals surface area contributed by atoms with E-state index in [0.29, 0.717) is 37.8 Å². The number of rotatable bonds is 4. The number of benzene rings is 2. The molecule has 1 aliphatic heterocycles. The van der Waals surface area contributed by atoms with Crippen LogP contribution in [0.2, 0.25) is 0 Å². The molecule has 0 saturated carbocycles. The average molecular weight is 404 g/mol. The number of carbonyl (C=O) groups excluding carboxylic acids is 2. The van der Waals surface area contributed by atoms with E-state index in [9.17, 15) is 9.59 Å². The summed E-state index contributed by atoms with van der Waals surface area (Å²) in [5.41, 5.74) is 0.705. The molecule has 2 N–H and O–H groups in total. The van der Waals surface area contributed by atoms with Gasteiger partial charge in [0, 0.05) is 44.3 Å². The first-order chi connectivity index (χ1) is 14.6. The second-order valence-electron chi connectivity index (χ2n) is 7.25. The highest BCUT2D eigenvalue weighted by Crippen LogP contribution is 2.19. The summed E-state index contributed by atoms with van der Waals surface area (Å²) in [4.78, 5) is 37.3. The first kappa shape index (κ1) is 19.6. The Morgan fingerprint density at radius 2 is 1.63 bits per heavy atom. The number of fused-ring (bicyclic) bond motifs is 1. The molecule has 8 nitrogen and oxygen atoms in total. The number of piperazine rings is 1. The quantitative estimate of drug-likeness (QED) is 0.697. The Bertz CT molecular complexity index is 1030. The molecular formula is C22H24N6O2. The molecule has 0 aliphatic carbocycles. The maximum absolute atomic E-state index is 12.6. The Hall–Kier alpha value is -3.68. The topological polar surface area (TPSA) is 90.5 Å². The van der Waals surface area contributed by atoms with Crippen LogP contribution in [0.4, 0.5) is 16.4 Å². The molecule has 8 heteroatoms. The SMILES string of the molecule is C[C@@H](NC(=O)N1CCN(c2ncccn2)CC1)C(=O)Nc1ccc2ccccc2c1. The minimum absolute atomic E-state index is 0.246. The molecule has 1 fully saturated rings. The predicted molar refractivity (Wildman–Crippen MR) is 116 cm³/mol. The van der Waals surface area contributed by atoms with Crippen molar-refractivity contribution < 1.29 is 9.59 Å². The molecule has 0 unspecified atom stereocenters. The lowest BCUT2D eigenvalue weighted by Gasteiger charge is -2.35. The molecule has 2 aromatic carbocycles. The van der Waals surface area contributed by atoms with Crippen molar-refractivity contribution in [1.29, 1.82) is 0 Å². The lowest BCUT2D eigenvalue weighted by atomic mass is 10.1. The molecule has 2 heterocycles. The number of nitrogens with zero attached hydrogens (tertiary/aromatic N) is 4. The van der Waals surface area contributed by atoms with Crippen molar-refractivity contribution in [1.82, 2.24) is 20.2 Å². The highest BCUT2D eigenvalue weighted by molar-refractivity contribution is 5.98. The van der Waals surface area contributed by atoms with Crippen LogP contribution in [0.1, 0.15) is 6.92 Å². The normalized spacial score (nSPS) is 15.0. The van der Waals surface area contributed by atoms with E-state index in [2.05, 4.69) is 20.6 Å². The third-order valence-electron chi connectivity index (χ3n) is 5.15. The maximum Gasteiger partial charge on any atom is 0.318 e. The number of anilines is 2. The smallest absolute Gasteiger partial charge is 0.318 e. The zero-order chi connectivity index (χ0) is 20.9. The molecule has 4 rings (SSSR count). The monoisotopic (exact) mass is 404 g/mol. The summed E-state index contributed by atoms with van der Waals surface area (Å²) in [6.45, 7) is 4.07. The molecule has 1 aromatic heterocycles. The van der Waals surface area contributed by atoms with Crippen LogP contribution in [0.25, 0.3) is 10.8 Å². The van der Waals surface area contributed by atoms with Gasteiger partial charge in [-0.3, -0.25) is 4.79 Å². The van der Waals surface area contributed by atoms with E-state index >= 15 is 0 Å². The molecule has 3 aromatic rings. The number of nitrogens with one attached hydrogen (secondary N) is 2. The number of urea groups is 1. The summed E-state index contributed by atoms with van der Waals surface area (Å²) in [5.74, 6) is 0.413. The molecule has 1 aliphatic rings. The molecule has 154 valence electrons. The fourth-order valence-electron chi connectivity index (χ4n) is 3.42. The van der Waals surface area contributed by atoms with E-state index in [4.69, 9.17) is 0 Å². The van der Waals surface area contributed by atoms with Gasteiger partial charge in [-0.05, 0) is 35.9 Å². The Morgan fingerprint density at radius 3 is 2.37 bits per heavy atom. The summed E-state index contributed by atoms with van der Waals surface area (Å²) < 4.78 is 0. The van der Waals surface area contributed by atoms with Gasteiger partial charge in [0.2, 0.25) is 11.9 Å². The number of hydrogen-bond acceptors (Lipinski definition) is 5. The second-order valence-corrected chi connectivity index (χ2v) is 7.25. The summed E-state index contributed by atoms with van der Waals surface area (Å²) in [6.07, 6.45) is 3.41. The lowest BCUT2D eigenvalue weighted by molar-refractivity contribution is -0.117. The van der Waals surface area contributed by atoms with Crippen molar-refractivity contribution in [2.75, 3.05) is 36.4 Å². The molecule has 0 bridgehead atoms. The van der Waals surface area contributed by atoms with Gasteiger partial charge in [0.25, 0.3) is 0 Å². The van der Waals surface area contributed by atoms with Gasteiger partial charge in [-0.15, -0.1) is 0 Å². The van der Waals surface area contributed by atoms with E-state index < -0.39 is 6.04 Å². The van der Waals surface area contributed by atoms with Crippen molar-refractivity contribution in [2.24, 2.45) is 0 Å². The maximum atomic E-state index is 12.6. The van der Waals surface area contributed by atoms with Gasteiger partial charge < -0.3 is 20.4 Å². The zero-order valence-corrected chi connectivity index (χ0v) is 16.8. The largest absolute Gasteiger partial charge is 0.337 e. The van der Waals surface area contributed by atoms with Crippen LogP contribution >= 0.6 is 0 Å². The predicted octanol–water partition coefficient (Wildman–Crippen LogP) is 2.49.